The lowest BCUT2D eigenvalue weighted by Gasteiger charge is -1.93. The van der Waals surface area contributed by atoms with Gasteiger partial charge in [0.25, 0.3) is 0 Å². The molecule has 0 heteroatoms. The lowest BCUT2D eigenvalue weighted by molar-refractivity contribution is 1.20. The zero-order valence-corrected chi connectivity index (χ0v) is 6.09. The maximum atomic E-state index is 2.26. The van der Waals surface area contributed by atoms with Gasteiger partial charge in [-0.25, -0.2) is 0 Å². The van der Waals surface area contributed by atoms with Crippen molar-refractivity contribution in [1.82, 2.24) is 0 Å². The average molecular weight is 146 g/mol. The number of benzene rings is 1. The predicted octanol–water partition coefficient (Wildman–Crippen LogP) is 3.28. The standard InChI is InChI=1S/C10H10.CH4/c1-8-6-9-4-2-3-5-10(9)7-8;/h2-6H,7H2,1H3;1H4. The van der Waals surface area contributed by atoms with E-state index in [0.29, 0.717) is 0 Å². The molecule has 0 aromatic heterocycles. The fraction of sp³-hybridized carbons (Fsp3) is 0.273. The summed E-state index contributed by atoms with van der Waals surface area (Å²) in [6.07, 6.45) is 3.41. The Kier molecular flexibility index (Phi) is 2.13. The molecule has 0 fully saturated rings. The molecule has 0 bridgehead atoms. The van der Waals surface area contributed by atoms with Crippen LogP contribution < -0.4 is 0 Å². The van der Waals surface area contributed by atoms with Gasteiger partial charge in [-0.1, -0.05) is 43.3 Å². The second-order valence-electron chi connectivity index (χ2n) is 2.87. The summed E-state index contributed by atoms with van der Waals surface area (Å²) in [4.78, 5) is 0. The third-order valence-electron chi connectivity index (χ3n) is 1.93. The van der Waals surface area contributed by atoms with Crippen LogP contribution in [0.3, 0.4) is 0 Å². The Morgan fingerprint density at radius 1 is 1.18 bits per heavy atom. The van der Waals surface area contributed by atoms with Crippen molar-refractivity contribution in [3.05, 3.63) is 41.0 Å². The zero-order chi connectivity index (χ0) is 6.97. The van der Waals surface area contributed by atoms with Crippen LogP contribution in [-0.2, 0) is 6.42 Å². The molecule has 0 heterocycles. The minimum absolute atomic E-state index is 0. The molecule has 0 unspecified atom stereocenters. The summed E-state index contributed by atoms with van der Waals surface area (Å²) in [5.74, 6) is 0. The molecule has 1 aromatic rings. The molecule has 1 aliphatic carbocycles. The number of hydrogen-bond donors (Lipinski definition) is 0. The second-order valence-corrected chi connectivity index (χ2v) is 2.87. The first-order chi connectivity index (χ1) is 4.86. The highest BCUT2D eigenvalue weighted by Gasteiger charge is 2.06. The van der Waals surface area contributed by atoms with Crippen molar-refractivity contribution in [1.29, 1.82) is 0 Å². The largest absolute Gasteiger partial charge is 0.0776 e. The van der Waals surface area contributed by atoms with Crippen molar-refractivity contribution in [2.75, 3.05) is 0 Å². The lowest BCUT2D eigenvalue weighted by Crippen LogP contribution is -1.79. The molecule has 0 aliphatic heterocycles. The monoisotopic (exact) mass is 146 g/mol. The summed E-state index contributed by atoms with van der Waals surface area (Å²) in [5, 5.41) is 0. The smallest absolute Gasteiger partial charge is 0.00606 e. The molecule has 11 heavy (non-hydrogen) atoms. The van der Waals surface area contributed by atoms with E-state index >= 15 is 0 Å². The number of rotatable bonds is 0. The molecule has 0 spiro atoms. The Morgan fingerprint density at radius 2 is 1.91 bits per heavy atom. The van der Waals surface area contributed by atoms with Crippen molar-refractivity contribution in [2.45, 2.75) is 20.8 Å². The minimum Gasteiger partial charge on any atom is -0.0776 e. The van der Waals surface area contributed by atoms with E-state index in [2.05, 4.69) is 37.3 Å². The van der Waals surface area contributed by atoms with Gasteiger partial charge in [-0.3, -0.25) is 0 Å². The quantitative estimate of drug-likeness (QED) is 0.527. The molecule has 0 atom stereocenters. The maximum absolute atomic E-state index is 2.26. The van der Waals surface area contributed by atoms with E-state index in [9.17, 15) is 0 Å². The van der Waals surface area contributed by atoms with Crippen LogP contribution in [0.5, 0.6) is 0 Å². The van der Waals surface area contributed by atoms with Gasteiger partial charge in [-0.15, -0.1) is 0 Å². The minimum atomic E-state index is 0. The lowest BCUT2D eigenvalue weighted by atomic mass is 10.1. The van der Waals surface area contributed by atoms with Gasteiger partial charge in [-0.05, 0) is 24.5 Å². The molecule has 0 saturated heterocycles. The Balaban J connectivity index is 0.000000605. The molecular formula is C11H14. The van der Waals surface area contributed by atoms with Crippen LogP contribution in [0, 0.1) is 0 Å². The normalized spacial score (nSPS) is 13.4. The van der Waals surface area contributed by atoms with Crippen molar-refractivity contribution in [2.24, 2.45) is 0 Å². The molecule has 1 aromatic carbocycles. The fourth-order valence-corrected chi connectivity index (χ4v) is 1.45. The predicted molar refractivity (Wildman–Crippen MR) is 50.5 cm³/mol. The van der Waals surface area contributed by atoms with Crippen LogP contribution >= 0.6 is 0 Å². The van der Waals surface area contributed by atoms with E-state index in [1.54, 1.807) is 0 Å². The first-order valence-electron chi connectivity index (χ1n) is 3.61. The summed E-state index contributed by atoms with van der Waals surface area (Å²) in [6.45, 7) is 2.18. The van der Waals surface area contributed by atoms with Crippen molar-refractivity contribution >= 4 is 6.08 Å². The Hall–Kier alpha value is -1.04. The van der Waals surface area contributed by atoms with Gasteiger partial charge in [0, 0.05) is 0 Å². The van der Waals surface area contributed by atoms with E-state index in [4.69, 9.17) is 0 Å². The molecular weight excluding hydrogens is 132 g/mol. The molecule has 2 rings (SSSR count). The highest BCUT2D eigenvalue weighted by Crippen LogP contribution is 2.23. The van der Waals surface area contributed by atoms with Crippen LogP contribution in [0.2, 0.25) is 0 Å². The van der Waals surface area contributed by atoms with Gasteiger partial charge in [-0.2, -0.15) is 0 Å². The number of hydrogen-bond acceptors (Lipinski definition) is 0. The van der Waals surface area contributed by atoms with Gasteiger partial charge in [0.1, 0.15) is 0 Å². The summed E-state index contributed by atoms with van der Waals surface area (Å²) in [6, 6.07) is 8.56. The van der Waals surface area contributed by atoms with E-state index in [-0.39, 0.29) is 7.43 Å². The Bertz CT molecular complexity index is 282. The summed E-state index contributed by atoms with van der Waals surface area (Å²) < 4.78 is 0. The van der Waals surface area contributed by atoms with Gasteiger partial charge < -0.3 is 0 Å². The molecule has 0 amide bonds. The van der Waals surface area contributed by atoms with E-state index < -0.39 is 0 Å². The van der Waals surface area contributed by atoms with Crippen LogP contribution in [0.1, 0.15) is 25.5 Å². The van der Waals surface area contributed by atoms with Crippen molar-refractivity contribution in [3.63, 3.8) is 0 Å². The van der Waals surface area contributed by atoms with E-state index in [1.807, 2.05) is 0 Å². The third-order valence-corrected chi connectivity index (χ3v) is 1.93. The molecule has 0 radical (unpaired) electrons. The maximum Gasteiger partial charge on any atom is -0.00606 e. The SMILES string of the molecule is C.CC1=Cc2ccccc2C1. The summed E-state index contributed by atoms with van der Waals surface area (Å²) in [7, 11) is 0. The van der Waals surface area contributed by atoms with Gasteiger partial charge in [0.2, 0.25) is 0 Å². The van der Waals surface area contributed by atoms with Gasteiger partial charge in [0.05, 0.1) is 0 Å². The first-order valence-corrected chi connectivity index (χ1v) is 3.61. The molecule has 58 valence electrons. The van der Waals surface area contributed by atoms with Crippen molar-refractivity contribution in [3.8, 4) is 0 Å². The van der Waals surface area contributed by atoms with Crippen molar-refractivity contribution < 1.29 is 0 Å². The fourth-order valence-electron chi connectivity index (χ4n) is 1.45. The second kappa shape index (κ2) is 2.91. The zero-order valence-electron chi connectivity index (χ0n) is 6.09. The van der Waals surface area contributed by atoms with E-state index in [0.717, 1.165) is 6.42 Å². The highest BCUT2D eigenvalue weighted by atomic mass is 14.1. The number of fused-ring (bicyclic) bond motifs is 1. The average Bonchev–Trinajstić information content (AvgIpc) is 2.27. The Labute approximate surface area is 68.6 Å². The van der Waals surface area contributed by atoms with Gasteiger partial charge in [0.15, 0.2) is 0 Å². The number of allylic oxidation sites excluding steroid dienone is 1. The van der Waals surface area contributed by atoms with Gasteiger partial charge >= 0.3 is 0 Å². The van der Waals surface area contributed by atoms with Crippen LogP contribution in [0.4, 0.5) is 0 Å². The molecule has 0 N–H and O–H groups in total. The first kappa shape index (κ1) is 8.06. The third kappa shape index (κ3) is 1.35. The highest BCUT2D eigenvalue weighted by molar-refractivity contribution is 5.62. The summed E-state index contributed by atoms with van der Waals surface area (Å²) in [5.41, 5.74) is 4.35. The van der Waals surface area contributed by atoms with E-state index in [1.165, 1.54) is 16.7 Å². The Morgan fingerprint density at radius 3 is 2.64 bits per heavy atom. The van der Waals surface area contributed by atoms with Crippen LogP contribution in [0.15, 0.2) is 29.8 Å². The molecule has 0 nitrogen and oxygen atoms in total. The van der Waals surface area contributed by atoms with Crippen LogP contribution in [0.25, 0.3) is 6.08 Å². The molecule has 0 saturated carbocycles. The topological polar surface area (TPSA) is 0 Å². The molecule has 1 aliphatic rings. The summed E-state index contributed by atoms with van der Waals surface area (Å²) >= 11 is 0. The van der Waals surface area contributed by atoms with Crippen LogP contribution in [-0.4, -0.2) is 0 Å².